The lowest BCUT2D eigenvalue weighted by atomic mass is 9.83. The second-order valence-corrected chi connectivity index (χ2v) is 4.12. The number of aliphatic imine (C=N–C) groups is 1. The van der Waals surface area contributed by atoms with Crippen molar-refractivity contribution in [3.63, 3.8) is 0 Å². The van der Waals surface area contributed by atoms with Crippen molar-refractivity contribution in [2.45, 2.75) is 31.5 Å². The van der Waals surface area contributed by atoms with Gasteiger partial charge in [-0.1, -0.05) is 6.08 Å². The van der Waals surface area contributed by atoms with Crippen LogP contribution < -0.4 is 5.73 Å². The molecule has 5 heteroatoms. The van der Waals surface area contributed by atoms with Crippen molar-refractivity contribution in [2.24, 2.45) is 10.7 Å². The Morgan fingerprint density at radius 1 is 1.50 bits per heavy atom. The summed E-state index contributed by atoms with van der Waals surface area (Å²) in [5.41, 5.74) is 4.43. The molecule has 0 saturated heterocycles. The summed E-state index contributed by atoms with van der Waals surface area (Å²) in [5, 5.41) is 0. The summed E-state index contributed by atoms with van der Waals surface area (Å²) in [4.78, 5) is 3.92. The van der Waals surface area contributed by atoms with Crippen LogP contribution in [0.25, 0.3) is 0 Å². The zero-order chi connectivity index (χ0) is 11.8. The predicted molar refractivity (Wildman–Crippen MR) is 57.4 cm³/mol. The summed E-state index contributed by atoms with van der Waals surface area (Å²) in [7, 11) is 0. The number of nitrogens with two attached hydrogens (primary N) is 1. The van der Waals surface area contributed by atoms with Gasteiger partial charge >= 0.3 is 0 Å². The molecule has 2 aliphatic rings. The molecule has 2 N–H and O–H groups in total. The quantitative estimate of drug-likeness (QED) is 0.746. The summed E-state index contributed by atoms with van der Waals surface area (Å²) in [6.07, 6.45) is 3.08. The molecule has 16 heavy (non-hydrogen) atoms. The molecule has 0 spiro atoms. The number of alkyl halides is 1. The minimum atomic E-state index is -1.39. The van der Waals surface area contributed by atoms with Crippen molar-refractivity contribution < 1.29 is 13.5 Å². The molecule has 0 aromatic heterocycles. The number of halogens is 2. The molecule has 1 heterocycles. The SMILES string of the molecule is C[C@]1(C2=CCCC=C2F)N=C(N)OC[C@@H]1F. The maximum atomic E-state index is 13.8. The second-order valence-electron chi connectivity index (χ2n) is 4.12. The molecule has 0 saturated carbocycles. The fraction of sp³-hybridized carbons (Fsp3) is 0.545. The first-order valence-electron chi connectivity index (χ1n) is 5.23. The lowest BCUT2D eigenvalue weighted by Gasteiger charge is -2.35. The zero-order valence-electron chi connectivity index (χ0n) is 9.04. The van der Waals surface area contributed by atoms with E-state index in [9.17, 15) is 8.78 Å². The summed E-state index contributed by atoms with van der Waals surface area (Å²) < 4.78 is 32.3. The van der Waals surface area contributed by atoms with Gasteiger partial charge in [0.05, 0.1) is 0 Å². The molecule has 88 valence electrons. The van der Waals surface area contributed by atoms with Crippen molar-refractivity contribution >= 4 is 6.02 Å². The van der Waals surface area contributed by atoms with E-state index in [-0.39, 0.29) is 18.2 Å². The molecule has 0 bridgehead atoms. The topological polar surface area (TPSA) is 47.6 Å². The second kappa shape index (κ2) is 3.88. The molecule has 0 amide bonds. The number of amidine groups is 1. The van der Waals surface area contributed by atoms with Crippen molar-refractivity contribution in [3.05, 3.63) is 23.6 Å². The molecule has 0 fully saturated rings. The average Bonchev–Trinajstić information content (AvgIpc) is 2.24. The van der Waals surface area contributed by atoms with Crippen molar-refractivity contribution in [1.29, 1.82) is 0 Å². The van der Waals surface area contributed by atoms with Crippen molar-refractivity contribution in [3.8, 4) is 0 Å². The number of nitrogens with zero attached hydrogens (tertiary/aromatic N) is 1. The van der Waals surface area contributed by atoms with Gasteiger partial charge < -0.3 is 10.5 Å². The third-order valence-electron chi connectivity index (χ3n) is 2.97. The highest BCUT2D eigenvalue weighted by molar-refractivity contribution is 5.73. The van der Waals surface area contributed by atoms with Crippen LogP contribution in [0, 0.1) is 0 Å². The van der Waals surface area contributed by atoms with Gasteiger partial charge in [-0.3, -0.25) is 0 Å². The third-order valence-corrected chi connectivity index (χ3v) is 2.97. The molecule has 0 aromatic carbocycles. The average molecular weight is 228 g/mol. The smallest absolute Gasteiger partial charge is 0.283 e. The van der Waals surface area contributed by atoms with E-state index in [0.717, 1.165) is 0 Å². The van der Waals surface area contributed by atoms with E-state index in [4.69, 9.17) is 10.5 Å². The van der Waals surface area contributed by atoms with E-state index in [1.54, 1.807) is 6.08 Å². The fourth-order valence-electron chi connectivity index (χ4n) is 1.97. The molecule has 2 rings (SSSR count). The van der Waals surface area contributed by atoms with E-state index in [0.29, 0.717) is 12.8 Å². The maximum Gasteiger partial charge on any atom is 0.283 e. The van der Waals surface area contributed by atoms with E-state index in [2.05, 4.69) is 4.99 Å². The van der Waals surface area contributed by atoms with E-state index >= 15 is 0 Å². The molecule has 1 aliphatic heterocycles. The first-order valence-corrected chi connectivity index (χ1v) is 5.23. The first kappa shape index (κ1) is 11.1. The Balaban J connectivity index is 2.40. The number of ether oxygens (including phenoxy) is 1. The minimum Gasteiger partial charge on any atom is -0.462 e. The monoisotopic (exact) mass is 228 g/mol. The van der Waals surface area contributed by atoms with Gasteiger partial charge in [0.1, 0.15) is 18.0 Å². The van der Waals surface area contributed by atoms with Crippen LogP contribution in [-0.2, 0) is 4.74 Å². The summed E-state index contributed by atoms with van der Waals surface area (Å²) in [5.74, 6) is -0.408. The van der Waals surface area contributed by atoms with Crippen LogP contribution in [0.15, 0.2) is 28.5 Å². The summed E-state index contributed by atoms with van der Waals surface area (Å²) >= 11 is 0. The van der Waals surface area contributed by atoms with Gasteiger partial charge in [-0.2, -0.15) is 0 Å². The molecular weight excluding hydrogens is 214 g/mol. The van der Waals surface area contributed by atoms with Gasteiger partial charge in [0.2, 0.25) is 0 Å². The Labute approximate surface area is 92.7 Å². The van der Waals surface area contributed by atoms with Gasteiger partial charge in [-0.25, -0.2) is 13.8 Å². The Hall–Kier alpha value is -1.39. The van der Waals surface area contributed by atoms with Crippen LogP contribution in [0.1, 0.15) is 19.8 Å². The van der Waals surface area contributed by atoms with E-state index in [1.165, 1.54) is 13.0 Å². The number of rotatable bonds is 1. The maximum absolute atomic E-state index is 13.8. The zero-order valence-corrected chi connectivity index (χ0v) is 9.04. The molecule has 1 aliphatic carbocycles. The number of allylic oxidation sites excluding steroid dienone is 2. The number of hydrogen-bond donors (Lipinski definition) is 1. The minimum absolute atomic E-state index is 0.0873. The largest absolute Gasteiger partial charge is 0.462 e. The van der Waals surface area contributed by atoms with Gasteiger partial charge in [0.15, 0.2) is 6.17 Å². The third kappa shape index (κ3) is 1.70. The molecule has 0 aromatic rings. The highest BCUT2D eigenvalue weighted by atomic mass is 19.1. The van der Waals surface area contributed by atoms with Crippen molar-refractivity contribution in [2.75, 3.05) is 6.61 Å². The summed E-state index contributed by atoms with van der Waals surface area (Å²) in [6.45, 7) is 1.36. The van der Waals surface area contributed by atoms with E-state index < -0.39 is 17.5 Å². The highest BCUT2D eigenvalue weighted by Crippen LogP contribution is 2.37. The molecular formula is C11H14F2N2O. The lowest BCUT2D eigenvalue weighted by molar-refractivity contribution is 0.111. The van der Waals surface area contributed by atoms with Crippen LogP contribution in [0.2, 0.25) is 0 Å². The fourth-order valence-corrected chi connectivity index (χ4v) is 1.97. The van der Waals surface area contributed by atoms with Crippen LogP contribution in [0.5, 0.6) is 0 Å². The predicted octanol–water partition coefficient (Wildman–Crippen LogP) is 2.00. The van der Waals surface area contributed by atoms with Crippen LogP contribution in [0.3, 0.4) is 0 Å². The molecule has 2 atom stereocenters. The van der Waals surface area contributed by atoms with Crippen LogP contribution in [-0.4, -0.2) is 24.3 Å². The highest BCUT2D eigenvalue weighted by Gasteiger charge is 2.43. The Kier molecular flexibility index (Phi) is 2.69. The Morgan fingerprint density at radius 3 is 2.88 bits per heavy atom. The van der Waals surface area contributed by atoms with Gasteiger partial charge in [0, 0.05) is 5.57 Å². The standard InChI is InChI=1S/C11H14F2N2O/c1-11(7-4-2-3-5-8(7)12)9(13)6-16-10(14)15-11/h4-5,9H,2-3,6H2,1H3,(H2,14,15)/t9-,11+/m0/s1. The molecule has 0 radical (unpaired) electrons. The van der Waals surface area contributed by atoms with Gasteiger partial charge in [-0.15, -0.1) is 0 Å². The van der Waals surface area contributed by atoms with Gasteiger partial charge in [-0.05, 0) is 25.8 Å². The molecule has 3 nitrogen and oxygen atoms in total. The number of hydrogen-bond acceptors (Lipinski definition) is 3. The van der Waals surface area contributed by atoms with Gasteiger partial charge in [0.25, 0.3) is 6.02 Å². The van der Waals surface area contributed by atoms with Crippen LogP contribution in [0.4, 0.5) is 8.78 Å². The Morgan fingerprint density at radius 2 is 2.19 bits per heavy atom. The van der Waals surface area contributed by atoms with E-state index in [1.807, 2.05) is 0 Å². The summed E-state index contributed by atoms with van der Waals surface area (Å²) in [6, 6.07) is -0.0873. The molecule has 0 unspecified atom stereocenters. The van der Waals surface area contributed by atoms with Crippen molar-refractivity contribution in [1.82, 2.24) is 0 Å². The van der Waals surface area contributed by atoms with Crippen LogP contribution >= 0.6 is 0 Å². The normalized spacial score (nSPS) is 34.7. The lowest BCUT2D eigenvalue weighted by Crippen LogP contribution is -2.47. The first-order chi connectivity index (χ1) is 7.54. The Bertz CT molecular complexity index is 389.